The standard InChI is InChI=1S/C21H26N2O5/c24-19-9-8-17(27-20(19)12-22-21(25)14-6-7-14)10-15-11-18(28-23-15)13-26-16-4-2-1-3-5-16/h1-5,11,14,17,19-20,24H,6-10,12-13H2,(H,22,25)/t17-,19-,20+/m0/s1. The maximum atomic E-state index is 11.8. The highest BCUT2D eigenvalue weighted by atomic mass is 16.5. The van der Waals surface area contributed by atoms with E-state index in [1.54, 1.807) is 0 Å². The summed E-state index contributed by atoms with van der Waals surface area (Å²) in [6.07, 6.45) is 2.94. The van der Waals surface area contributed by atoms with Crippen molar-refractivity contribution in [1.82, 2.24) is 10.5 Å². The minimum atomic E-state index is -0.553. The highest BCUT2D eigenvalue weighted by Gasteiger charge is 2.33. The normalized spacial score (nSPS) is 24.7. The van der Waals surface area contributed by atoms with Gasteiger partial charge in [0.15, 0.2) is 5.76 Å². The molecule has 4 rings (SSSR count). The Balaban J connectivity index is 1.25. The third-order valence-corrected chi connectivity index (χ3v) is 5.18. The second-order valence-electron chi connectivity index (χ2n) is 7.55. The van der Waals surface area contributed by atoms with Gasteiger partial charge in [0.25, 0.3) is 0 Å². The van der Waals surface area contributed by atoms with E-state index in [4.69, 9.17) is 14.0 Å². The third kappa shape index (κ3) is 5.11. The van der Waals surface area contributed by atoms with Gasteiger partial charge >= 0.3 is 0 Å². The Labute approximate surface area is 164 Å². The number of nitrogens with one attached hydrogen (secondary N) is 1. The summed E-state index contributed by atoms with van der Waals surface area (Å²) >= 11 is 0. The molecule has 1 saturated heterocycles. The van der Waals surface area contributed by atoms with Crippen LogP contribution in [0.3, 0.4) is 0 Å². The lowest BCUT2D eigenvalue weighted by Gasteiger charge is -2.33. The van der Waals surface area contributed by atoms with E-state index >= 15 is 0 Å². The van der Waals surface area contributed by atoms with Gasteiger partial charge in [-0.25, -0.2) is 0 Å². The average molecular weight is 386 g/mol. The summed E-state index contributed by atoms with van der Waals surface area (Å²) in [6.45, 7) is 0.666. The van der Waals surface area contributed by atoms with Gasteiger partial charge in [0.1, 0.15) is 18.5 Å². The van der Waals surface area contributed by atoms with Gasteiger partial charge in [-0.15, -0.1) is 0 Å². The molecule has 2 fully saturated rings. The Hall–Kier alpha value is -2.38. The molecule has 2 aliphatic rings. The molecule has 1 aliphatic carbocycles. The van der Waals surface area contributed by atoms with E-state index in [0.717, 1.165) is 30.7 Å². The van der Waals surface area contributed by atoms with E-state index in [9.17, 15) is 9.90 Å². The number of para-hydroxylation sites is 1. The van der Waals surface area contributed by atoms with Gasteiger partial charge < -0.3 is 24.4 Å². The second-order valence-corrected chi connectivity index (χ2v) is 7.55. The van der Waals surface area contributed by atoms with Crippen molar-refractivity contribution >= 4 is 5.91 Å². The fourth-order valence-electron chi connectivity index (χ4n) is 3.40. The Morgan fingerprint density at radius 3 is 2.82 bits per heavy atom. The number of benzene rings is 1. The van der Waals surface area contributed by atoms with E-state index in [1.165, 1.54) is 0 Å². The fraction of sp³-hybridized carbons (Fsp3) is 0.524. The molecule has 2 N–H and O–H groups in total. The van der Waals surface area contributed by atoms with E-state index in [0.29, 0.717) is 31.8 Å². The molecule has 0 unspecified atom stereocenters. The Kier molecular flexibility index (Phi) is 5.92. The number of ether oxygens (including phenoxy) is 2. The largest absolute Gasteiger partial charge is 0.486 e. The first-order valence-corrected chi connectivity index (χ1v) is 9.91. The minimum Gasteiger partial charge on any atom is -0.486 e. The lowest BCUT2D eigenvalue weighted by atomic mass is 9.98. The number of carbonyl (C=O) groups excluding carboxylic acids is 1. The van der Waals surface area contributed by atoms with Crippen molar-refractivity contribution in [2.24, 2.45) is 5.92 Å². The summed E-state index contributed by atoms with van der Waals surface area (Å²) in [5, 5.41) is 17.2. The lowest BCUT2D eigenvalue weighted by Crippen LogP contribution is -2.46. The number of amides is 1. The maximum Gasteiger partial charge on any atom is 0.223 e. The molecular formula is C21H26N2O5. The molecule has 3 atom stereocenters. The van der Waals surface area contributed by atoms with Gasteiger partial charge in [0.05, 0.1) is 17.9 Å². The average Bonchev–Trinajstić information content (AvgIpc) is 3.48. The highest BCUT2D eigenvalue weighted by molar-refractivity contribution is 5.80. The number of rotatable bonds is 8. The zero-order valence-electron chi connectivity index (χ0n) is 15.8. The van der Waals surface area contributed by atoms with Crippen molar-refractivity contribution in [2.75, 3.05) is 6.54 Å². The monoisotopic (exact) mass is 386 g/mol. The molecule has 1 saturated carbocycles. The topological polar surface area (TPSA) is 93.8 Å². The van der Waals surface area contributed by atoms with Crippen LogP contribution >= 0.6 is 0 Å². The van der Waals surface area contributed by atoms with Gasteiger partial charge in [-0.1, -0.05) is 23.4 Å². The summed E-state index contributed by atoms with van der Waals surface area (Å²) in [5.74, 6) is 1.66. The van der Waals surface area contributed by atoms with Gasteiger partial charge in [-0.05, 0) is 37.8 Å². The van der Waals surface area contributed by atoms with Crippen molar-refractivity contribution < 1.29 is 23.9 Å². The summed E-state index contributed by atoms with van der Waals surface area (Å²) in [4.78, 5) is 11.8. The lowest BCUT2D eigenvalue weighted by molar-refractivity contribution is -0.130. The second kappa shape index (κ2) is 8.75. The number of hydrogen-bond donors (Lipinski definition) is 2. The van der Waals surface area contributed by atoms with Crippen LogP contribution in [0.15, 0.2) is 40.9 Å². The van der Waals surface area contributed by atoms with Crippen molar-refractivity contribution in [2.45, 2.75) is 57.0 Å². The summed E-state index contributed by atoms with van der Waals surface area (Å²) < 4.78 is 17.0. The van der Waals surface area contributed by atoms with E-state index < -0.39 is 6.10 Å². The smallest absolute Gasteiger partial charge is 0.223 e. The minimum absolute atomic E-state index is 0.0563. The molecule has 150 valence electrons. The molecule has 1 aromatic carbocycles. The van der Waals surface area contributed by atoms with Crippen molar-refractivity contribution in [3.05, 3.63) is 47.9 Å². The summed E-state index contributed by atoms with van der Waals surface area (Å²) in [7, 11) is 0. The number of nitrogens with zero attached hydrogens (tertiary/aromatic N) is 1. The Morgan fingerprint density at radius 1 is 1.21 bits per heavy atom. The quantitative estimate of drug-likeness (QED) is 0.723. The zero-order chi connectivity index (χ0) is 19.3. The molecule has 0 radical (unpaired) electrons. The predicted octanol–water partition coefficient (Wildman–Crippen LogP) is 2.23. The number of hydrogen-bond acceptors (Lipinski definition) is 6. The molecule has 1 aliphatic heterocycles. The van der Waals surface area contributed by atoms with Crippen LogP contribution < -0.4 is 10.1 Å². The predicted molar refractivity (Wildman–Crippen MR) is 101 cm³/mol. The number of aliphatic hydroxyl groups is 1. The first-order chi connectivity index (χ1) is 13.7. The van der Waals surface area contributed by atoms with Gasteiger partial charge in [-0.2, -0.15) is 0 Å². The zero-order valence-corrected chi connectivity index (χ0v) is 15.8. The molecule has 0 spiro atoms. The first kappa shape index (κ1) is 19.0. The summed E-state index contributed by atoms with van der Waals surface area (Å²) in [5.41, 5.74) is 0.800. The van der Waals surface area contributed by atoms with Crippen LogP contribution in [-0.2, 0) is 22.6 Å². The van der Waals surface area contributed by atoms with Crippen LogP contribution in [-0.4, -0.2) is 41.0 Å². The van der Waals surface area contributed by atoms with Crippen molar-refractivity contribution in [3.63, 3.8) is 0 Å². The van der Waals surface area contributed by atoms with Gasteiger partial charge in [-0.3, -0.25) is 4.79 Å². The maximum absolute atomic E-state index is 11.8. The van der Waals surface area contributed by atoms with E-state index in [2.05, 4.69) is 10.5 Å². The van der Waals surface area contributed by atoms with Crippen LogP contribution in [0.1, 0.15) is 37.1 Å². The molecule has 1 amide bonds. The highest BCUT2D eigenvalue weighted by Crippen LogP contribution is 2.29. The third-order valence-electron chi connectivity index (χ3n) is 5.18. The Bertz CT molecular complexity index is 774. The van der Waals surface area contributed by atoms with Crippen LogP contribution in [0.4, 0.5) is 0 Å². The fourth-order valence-corrected chi connectivity index (χ4v) is 3.40. The molecule has 0 bridgehead atoms. The van der Waals surface area contributed by atoms with Gasteiger partial charge in [0.2, 0.25) is 5.91 Å². The molecule has 2 aromatic rings. The van der Waals surface area contributed by atoms with Crippen LogP contribution in [0, 0.1) is 5.92 Å². The van der Waals surface area contributed by atoms with E-state index in [-0.39, 0.29) is 24.0 Å². The van der Waals surface area contributed by atoms with E-state index in [1.807, 2.05) is 36.4 Å². The van der Waals surface area contributed by atoms with Gasteiger partial charge in [0, 0.05) is 24.9 Å². The SMILES string of the molecule is O=C(NC[C@H]1O[C@H](Cc2cc(COc3ccccc3)on2)CC[C@@H]1O)C1CC1. The Morgan fingerprint density at radius 2 is 2.04 bits per heavy atom. The molecule has 2 heterocycles. The number of aliphatic hydroxyl groups excluding tert-OH is 1. The van der Waals surface area contributed by atoms with Crippen molar-refractivity contribution in [3.8, 4) is 5.75 Å². The first-order valence-electron chi connectivity index (χ1n) is 9.91. The van der Waals surface area contributed by atoms with Crippen LogP contribution in [0.25, 0.3) is 0 Å². The molecule has 28 heavy (non-hydrogen) atoms. The molecule has 7 heteroatoms. The van der Waals surface area contributed by atoms with Crippen LogP contribution in [0.5, 0.6) is 5.75 Å². The summed E-state index contributed by atoms with van der Waals surface area (Å²) in [6, 6.07) is 11.4. The molecular weight excluding hydrogens is 360 g/mol. The molecule has 7 nitrogen and oxygen atoms in total. The molecule has 1 aromatic heterocycles. The number of aromatic nitrogens is 1. The number of carbonyl (C=O) groups is 1. The van der Waals surface area contributed by atoms with Crippen molar-refractivity contribution in [1.29, 1.82) is 0 Å². The van der Waals surface area contributed by atoms with Crippen LogP contribution in [0.2, 0.25) is 0 Å².